The molecule has 1 heterocycles. The van der Waals surface area contributed by atoms with Crippen LogP contribution in [-0.4, -0.2) is 25.6 Å². The minimum atomic E-state index is -0.611. The summed E-state index contributed by atoms with van der Waals surface area (Å²) in [7, 11) is 1.56. The van der Waals surface area contributed by atoms with Gasteiger partial charge in [0.15, 0.2) is 5.76 Å². The molecule has 0 fully saturated rings. The number of esters is 1. The molecular formula is C23H21NO7. The number of ether oxygens (including phenoxy) is 3. The van der Waals surface area contributed by atoms with Crippen LogP contribution in [0.4, 0.5) is 5.69 Å². The van der Waals surface area contributed by atoms with Gasteiger partial charge in [-0.2, -0.15) is 0 Å². The van der Waals surface area contributed by atoms with E-state index in [9.17, 15) is 14.4 Å². The molecule has 0 atom stereocenters. The number of benzene rings is 2. The van der Waals surface area contributed by atoms with E-state index in [1.807, 2.05) is 12.1 Å². The molecule has 0 spiro atoms. The topological polar surface area (TPSA) is 104 Å². The fraction of sp³-hybridized carbons (Fsp3) is 0.174. The minimum Gasteiger partial charge on any atom is -0.497 e. The summed E-state index contributed by atoms with van der Waals surface area (Å²) in [6.45, 7) is 2.13. The molecule has 2 aromatic carbocycles. The van der Waals surface area contributed by atoms with E-state index in [0.29, 0.717) is 17.0 Å². The highest BCUT2D eigenvalue weighted by atomic mass is 16.5. The molecule has 31 heavy (non-hydrogen) atoms. The van der Waals surface area contributed by atoms with Crippen LogP contribution < -0.4 is 20.2 Å². The molecule has 0 bridgehead atoms. The summed E-state index contributed by atoms with van der Waals surface area (Å²) >= 11 is 0. The molecular weight excluding hydrogens is 402 g/mol. The zero-order chi connectivity index (χ0) is 22.2. The van der Waals surface area contributed by atoms with Gasteiger partial charge in [0.25, 0.3) is 5.91 Å². The van der Waals surface area contributed by atoms with Crippen LogP contribution in [0.15, 0.2) is 70.1 Å². The van der Waals surface area contributed by atoms with Crippen LogP contribution in [0.1, 0.15) is 33.4 Å². The van der Waals surface area contributed by atoms with Gasteiger partial charge in [-0.05, 0) is 48.9 Å². The quantitative estimate of drug-likeness (QED) is 0.552. The molecule has 8 heteroatoms. The Hall–Kier alpha value is -4.07. The molecule has 0 aliphatic rings. The van der Waals surface area contributed by atoms with Crippen molar-refractivity contribution in [1.29, 1.82) is 0 Å². The van der Waals surface area contributed by atoms with Crippen LogP contribution in [0, 0.1) is 0 Å². The third-order valence-electron chi connectivity index (χ3n) is 4.20. The second-order valence-electron chi connectivity index (χ2n) is 6.36. The molecule has 0 saturated carbocycles. The molecule has 0 aliphatic heterocycles. The van der Waals surface area contributed by atoms with Gasteiger partial charge in [0.2, 0.25) is 11.2 Å². The Labute approximate surface area is 178 Å². The Morgan fingerprint density at radius 2 is 1.84 bits per heavy atom. The molecule has 0 saturated heterocycles. The van der Waals surface area contributed by atoms with Crippen molar-refractivity contribution >= 4 is 17.6 Å². The molecule has 160 valence electrons. The van der Waals surface area contributed by atoms with Gasteiger partial charge in [0.05, 0.1) is 19.3 Å². The van der Waals surface area contributed by atoms with Crippen molar-refractivity contribution in [3.05, 3.63) is 88.0 Å². The largest absolute Gasteiger partial charge is 0.497 e. The summed E-state index contributed by atoms with van der Waals surface area (Å²) in [6.07, 6.45) is 1.10. The standard InChI is InChI=1S/C23H21NO7/c1-3-29-23(27)16-7-9-17(10-8-16)24-22(26)20-12-19(25)21(14-31-20)30-13-15-5-4-6-18(11-15)28-2/h4-12,14H,3,13H2,1-2H3,(H,24,26). The monoisotopic (exact) mass is 423 g/mol. The van der Waals surface area contributed by atoms with Crippen molar-refractivity contribution in [1.82, 2.24) is 0 Å². The average molecular weight is 423 g/mol. The average Bonchev–Trinajstić information content (AvgIpc) is 2.79. The molecule has 0 aliphatic carbocycles. The number of carbonyl (C=O) groups is 2. The van der Waals surface area contributed by atoms with E-state index in [0.717, 1.165) is 17.9 Å². The summed E-state index contributed by atoms with van der Waals surface area (Å²) in [4.78, 5) is 36.3. The maximum Gasteiger partial charge on any atom is 0.338 e. The van der Waals surface area contributed by atoms with Crippen LogP contribution in [0.5, 0.6) is 11.5 Å². The van der Waals surface area contributed by atoms with Gasteiger partial charge in [-0.1, -0.05) is 12.1 Å². The summed E-state index contributed by atoms with van der Waals surface area (Å²) < 4.78 is 20.8. The lowest BCUT2D eigenvalue weighted by Crippen LogP contribution is -2.16. The Kier molecular flexibility index (Phi) is 7.05. The number of amides is 1. The first-order valence-corrected chi connectivity index (χ1v) is 9.47. The molecule has 8 nitrogen and oxygen atoms in total. The molecule has 1 N–H and O–H groups in total. The molecule has 3 rings (SSSR count). The van der Waals surface area contributed by atoms with Gasteiger partial charge < -0.3 is 23.9 Å². The van der Waals surface area contributed by atoms with E-state index in [-0.39, 0.29) is 24.7 Å². The predicted molar refractivity (Wildman–Crippen MR) is 113 cm³/mol. The van der Waals surface area contributed by atoms with E-state index in [1.54, 1.807) is 38.3 Å². The summed E-state index contributed by atoms with van der Waals surface area (Å²) in [5.74, 6) is -0.571. The first-order chi connectivity index (χ1) is 15.0. The van der Waals surface area contributed by atoms with E-state index in [1.165, 1.54) is 12.1 Å². The smallest absolute Gasteiger partial charge is 0.338 e. The van der Waals surface area contributed by atoms with Crippen molar-refractivity contribution in [3.8, 4) is 11.5 Å². The Bertz CT molecular complexity index is 1120. The Balaban J connectivity index is 1.63. The Morgan fingerprint density at radius 3 is 2.52 bits per heavy atom. The second kappa shape index (κ2) is 10.1. The van der Waals surface area contributed by atoms with E-state index in [2.05, 4.69) is 5.32 Å². The van der Waals surface area contributed by atoms with Crippen molar-refractivity contribution in [3.63, 3.8) is 0 Å². The lowest BCUT2D eigenvalue weighted by Gasteiger charge is -2.08. The van der Waals surface area contributed by atoms with Crippen molar-refractivity contribution in [2.24, 2.45) is 0 Å². The van der Waals surface area contributed by atoms with Crippen molar-refractivity contribution < 1.29 is 28.2 Å². The summed E-state index contributed by atoms with van der Waals surface area (Å²) in [6, 6.07) is 14.4. The highest BCUT2D eigenvalue weighted by molar-refractivity contribution is 6.02. The highest BCUT2D eigenvalue weighted by Gasteiger charge is 2.13. The summed E-state index contributed by atoms with van der Waals surface area (Å²) in [5, 5.41) is 2.60. The SMILES string of the molecule is CCOC(=O)c1ccc(NC(=O)c2cc(=O)c(OCc3cccc(OC)c3)co2)cc1. The maximum absolute atomic E-state index is 12.4. The fourth-order valence-electron chi connectivity index (χ4n) is 2.64. The van der Waals surface area contributed by atoms with E-state index < -0.39 is 17.3 Å². The van der Waals surface area contributed by atoms with Crippen LogP contribution in [0.25, 0.3) is 0 Å². The Morgan fingerprint density at radius 1 is 1.06 bits per heavy atom. The number of carbonyl (C=O) groups excluding carboxylic acids is 2. The zero-order valence-corrected chi connectivity index (χ0v) is 17.0. The normalized spacial score (nSPS) is 10.3. The van der Waals surface area contributed by atoms with Crippen molar-refractivity contribution in [2.45, 2.75) is 13.5 Å². The minimum absolute atomic E-state index is 0.0156. The van der Waals surface area contributed by atoms with E-state index >= 15 is 0 Å². The number of hydrogen-bond acceptors (Lipinski definition) is 7. The van der Waals surface area contributed by atoms with E-state index in [4.69, 9.17) is 18.6 Å². The van der Waals surface area contributed by atoms with Crippen LogP contribution in [-0.2, 0) is 11.3 Å². The van der Waals surface area contributed by atoms with Gasteiger partial charge >= 0.3 is 5.97 Å². The second-order valence-corrected chi connectivity index (χ2v) is 6.36. The third-order valence-corrected chi connectivity index (χ3v) is 4.20. The lowest BCUT2D eigenvalue weighted by atomic mass is 10.2. The molecule has 3 aromatic rings. The van der Waals surface area contributed by atoms with Gasteiger partial charge in [0.1, 0.15) is 18.6 Å². The van der Waals surface area contributed by atoms with Gasteiger partial charge in [-0.3, -0.25) is 9.59 Å². The first-order valence-electron chi connectivity index (χ1n) is 9.47. The van der Waals surface area contributed by atoms with Crippen LogP contribution in [0.3, 0.4) is 0 Å². The summed E-state index contributed by atoms with van der Waals surface area (Å²) in [5.41, 5.74) is 1.12. The molecule has 1 aromatic heterocycles. The fourth-order valence-corrected chi connectivity index (χ4v) is 2.64. The van der Waals surface area contributed by atoms with Gasteiger partial charge in [0, 0.05) is 11.8 Å². The third kappa shape index (κ3) is 5.72. The number of hydrogen-bond donors (Lipinski definition) is 1. The van der Waals surface area contributed by atoms with Gasteiger partial charge in [-0.25, -0.2) is 4.79 Å². The number of rotatable bonds is 8. The highest BCUT2D eigenvalue weighted by Crippen LogP contribution is 2.16. The zero-order valence-electron chi connectivity index (χ0n) is 17.0. The first kappa shape index (κ1) is 21.6. The van der Waals surface area contributed by atoms with Crippen molar-refractivity contribution in [2.75, 3.05) is 19.0 Å². The predicted octanol–water partition coefficient (Wildman–Crippen LogP) is 3.66. The lowest BCUT2D eigenvalue weighted by molar-refractivity contribution is 0.0526. The number of anilines is 1. The van der Waals surface area contributed by atoms with Crippen LogP contribution >= 0.6 is 0 Å². The molecule has 0 radical (unpaired) electrons. The van der Waals surface area contributed by atoms with Gasteiger partial charge in [-0.15, -0.1) is 0 Å². The molecule has 0 unspecified atom stereocenters. The maximum atomic E-state index is 12.4. The number of methoxy groups -OCH3 is 1. The van der Waals surface area contributed by atoms with Crippen LogP contribution in [0.2, 0.25) is 0 Å². The number of nitrogens with one attached hydrogen (secondary N) is 1. The molecule has 1 amide bonds.